The Kier molecular flexibility index (Phi) is 2.19. The first kappa shape index (κ1) is 8.13. The fourth-order valence-corrected chi connectivity index (χ4v) is 0.732. The zero-order chi connectivity index (χ0) is 8.43. The number of aromatic nitrogens is 1. The molecule has 1 heterocycles. The fourth-order valence-electron chi connectivity index (χ4n) is 0.605. The molecule has 0 aliphatic rings. The summed E-state index contributed by atoms with van der Waals surface area (Å²) >= 11 is 3.61. The molecule has 0 aliphatic heterocycles. The Balaban J connectivity index is 2.84. The van der Waals surface area contributed by atoms with Crippen LogP contribution in [-0.2, 0) is 4.79 Å². The second kappa shape index (κ2) is 2.96. The third kappa shape index (κ3) is 1.74. The van der Waals surface area contributed by atoms with Crippen LogP contribution in [0.4, 0.5) is 0 Å². The molecule has 0 saturated heterocycles. The van der Waals surface area contributed by atoms with Crippen LogP contribution in [0.3, 0.4) is 0 Å². The smallest absolute Gasteiger partial charge is 0.251 e. The Morgan fingerprint density at radius 1 is 1.91 bits per heavy atom. The maximum Gasteiger partial charge on any atom is 0.251 e. The minimum atomic E-state index is -0.466. The van der Waals surface area contributed by atoms with Crippen molar-refractivity contribution in [1.29, 1.82) is 0 Å². The van der Waals surface area contributed by atoms with Crippen molar-refractivity contribution in [3.63, 3.8) is 0 Å². The summed E-state index contributed by atoms with van der Waals surface area (Å²) in [4.78, 5) is 10.6. The van der Waals surface area contributed by atoms with Crippen LogP contribution < -0.4 is 0 Å². The summed E-state index contributed by atoms with van der Waals surface area (Å²) in [5.41, 5.74) is 0. The van der Waals surface area contributed by atoms with Gasteiger partial charge < -0.3 is 9.63 Å². The second-order valence-corrected chi connectivity index (χ2v) is 2.59. The topological polar surface area (TPSA) is 63.3 Å². The van der Waals surface area contributed by atoms with Gasteiger partial charge in [-0.2, -0.15) is 0 Å². The Morgan fingerprint density at radius 3 is 2.91 bits per heavy atom. The van der Waals surface area contributed by atoms with E-state index in [1.165, 1.54) is 6.07 Å². The summed E-state index contributed by atoms with van der Waals surface area (Å²) in [5, 5.41) is 11.6. The van der Waals surface area contributed by atoms with E-state index in [1.54, 1.807) is 6.92 Å². The van der Waals surface area contributed by atoms with Gasteiger partial charge in [-0.05, 0) is 12.1 Å². The lowest BCUT2D eigenvalue weighted by Gasteiger charge is -1.97. The fraction of sp³-hybridized carbons (Fsp3) is 0.333. The molecule has 1 rings (SSSR count). The molecule has 1 N–H and O–H groups in total. The van der Waals surface area contributed by atoms with Crippen LogP contribution in [0.1, 0.15) is 18.6 Å². The number of thiol groups is 1. The van der Waals surface area contributed by atoms with Gasteiger partial charge in [0, 0.05) is 6.07 Å². The van der Waals surface area contributed by atoms with E-state index in [0.29, 0.717) is 5.76 Å². The van der Waals surface area contributed by atoms with Crippen LogP contribution in [0, 0.1) is 0 Å². The number of rotatable bonds is 2. The van der Waals surface area contributed by atoms with E-state index in [4.69, 9.17) is 5.11 Å². The average Bonchev–Trinajstić information content (AvgIpc) is 2.34. The molecule has 4 nitrogen and oxygen atoms in total. The van der Waals surface area contributed by atoms with Crippen molar-refractivity contribution >= 4 is 17.7 Å². The first-order valence-corrected chi connectivity index (χ1v) is 3.44. The maximum absolute atomic E-state index is 10.6. The van der Waals surface area contributed by atoms with Crippen molar-refractivity contribution in [2.45, 2.75) is 12.8 Å². The summed E-state index contributed by atoms with van der Waals surface area (Å²) in [6.07, 6.45) is 0. The van der Waals surface area contributed by atoms with Crippen LogP contribution in [0.25, 0.3) is 0 Å². The van der Waals surface area contributed by atoms with Crippen LogP contribution in [0.2, 0.25) is 0 Å². The van der Waals surface area contributed by atoms with Crippen LogP contribution in [0.15, 0.2) is 10.6 Å². The standard InChI is InChI=1S/C6H7NO3S/c1-3(6(9)11)4-2-5(8)7-10-4/h2-3H,1H3,(H,7,8)(H,9,11). The highest BCUT2D eigenvalue weighted by Gasteiger charge is 2.16. The second-order valence-electron chi connectivity index (χ2n) is 2.15. The summed E-state index contributed by atoms with van der Waals surface area (Å²) in [6.45, 7) is 1.62. The van der Waals surface area contributed by atoms with E-state index < -0.39 is 5.92 Å². The van der Waals surface area contributed by atoms with E-state index in [1.807, 2.05) is 0 Å². The molecule has 60 valence electrons. The highest BCUT2D eigenvalue weighted by Crippen LogP contribution is 2.20. The largest absolute Gasteiger partial charge is 0.491 e. The van der Waals surface area contributed by atoms with Gasteiger partial charge in [0.2, 0.25) is 0 Å². The zero-order valence-corrected chi connectivity index (χ0v) is 6.71. The number of hydrogen-bond acceptors (Lipinski definition) is 4. The summed E-state index contributed by atoms with van der Waals surface area (Å²) in [6, 6.07) is 1.29. The van der Waals surface area contributed by atoms with Crippen molar-refractivity contribution in [3.05, 3.63) is 11.8 Å². The Bertz CT molecular complexity index is 271. The van der Waals surface area contributed by atoms with E-state index in [-0.39, 0.29) is 11.0 Å². The van der Waals surface area contributed by atoms with E-state index in [2.05, 4.69) is 22.3 Å². The zero-order valence-electron chi connectivity index (χ0n) is 5.81. The molecular weight excluding hydrogens is 166 g/mol. The minimum Gasteiger partial charge on any atom is -0.491 e. The molecule has 1 aromatic rings. The molecule has 1 atom stereocenters. The monoisotopic (exact) mass is 173 g/mol. The SMILES string of the molecule is CC(C(=O)S)c1cc(O)no1. The van der Waals surface area contributed by atoms with E-state index >= 15 is 0 Å². The van der Waals surface area contributed by atoms with Gasteiger partial charge in [0.05, 0.1) is 5.92 Å². The Labute approximate surface area is 68.6 Å². The van der Waals surface area contributed by atoms with Crippen LogP contribution >= 0.6 is 12.6 Å². The lowest BCUT2D eigenvalue weighted by atomic mass is 10.1. The molecule has 0 spiro atoms. The number of carbonyl (C=O) groups excluding carboxylic acids is 1. The predicted octanol–water partition coefficient (Wildman–Crippen LogP) is 0.940. The van der Waals surface area contributed by atoms with Crippen molar-refractivity contribution in [2.75, 3.05) is 0 Å². The van der Waals surface area contributed by atoms with Gasteiger partial charge in [-0.25, -0.2) is 0 Å². The van der Waals surface area contributed by atoms with Crippen molar-refractivity contribution in [1.82, 2.24) is 5.16 Å². The maximum atomic E-state index is 10.6. The molecule has 1 unspecified atom stereocenters. The molecule has 0 bridgehead atoms. The number of nitrogens with zero attached hydrogens (tertiary/aromatic N) is 1. The highest BCUT2D eigenvalue weighted by molar-refractivity contribution is 7.96. The molecule has 0 fully saturated rings. The van der Waals surface area contributed by atoms with Gasteiger partial charge in [0.15, 0.2) is 10.9 Å². The molecule has 1 aromatic heterocycles. The normalized spacial score (nSPS) is 12.9. The number of carbonyl (C=O) groups is 1. The minimum absolute atomic E-state index is 0.221. The Hall–Kier alpha value is -0.970. The number of aromatic hydroxyl groups is 1. The molecular formula is C6H7NO3S. The van der Waals surface area contributed by atoms with Crippen LogP contribution in [0.5, 0.6) is 5.88 Å². The van der Waals surface area contributed by atoms with Gasteiger partial charge in [-0.15, -0.1) is 12.6 Å². The number of hydrogen-bond donors (Lipinski definition) is 2. The molecule has 11 heavy (non-hydrogen) atoms. The molecule has 5 heteroatoms. The highest BCUT2D eigenvalue weighted by atomic mass is 32.1. The first-order valence-electron chi connectivity index (χ1n) is 2.99. The quantitative estimate of drug-likeness (QED) is 0.653. The Morgan fingerprint density at radius 2 is 2.55 bits per heavy atom. The molecule has 0 amide bonds. The summed E-state index contributed by atoms with van der Waals surface area (Å²) < 4.78 is 4.62. The van der Waals surface area contributed by atoms with Crippen molar-refractivity contribution < 1.29 is 14.4 Å². The molecule has 0 saturated carbocycles. The molecule has 0 aromatic carbocycles. The average molecular weight is 173 g/mol. The summed E-state index contributed by atoms with van der Waals surface area (Å²) in [5.74, 6) is -0.365. The van der Waals surface area contributed by atoms with Crippen LogP contribution in [-0.4, -0.2) is 15.4 Å². The summed E-state index contributed by atoms with van der Waals surface area (Å²) in [7, 11) is 0. The molecule has 0 radical (unpaired) electrons. The van der Waals surface area contributed by atoms with Gasteiger partial charge in [0.25, 0.3) is 5.88 Å². The third-order valence-corrected chi connectivity index (χ3v) is 1.70. The molecule has 0 aliphatic carbocycles. The van der Waals surface area contributed by atoms with Crippen molar-refractivity contribution in [3.8, 4) is 5.88 Å². The lowest BCUT2D eigenvalue weighted by Crippen LogP contribution is -1.99. The van der Waals surface area contributed by atoms with Gasteiger partial charge in [-0.3, -0.25) is 4.79 Å². The first-order chi connectivity index (χ1) is 5.11. The van der Waals surface area contributed by atoms with Gasteiger partial charge >= 0.3 is 0 Å². The van der Waals surface area contributed by atoms with Crippen molar-refractivity contribution in [2.24, 2.45) is 0 Å². The van der Waals surface area contributed by atoms with E-state index in [0.717, 1.165) is 0 Å². The third-order valence-electron chi connectivity index (χ3n) is 1.31. The predicted molar refractivity (Wildman–Crippen MR) is 40.6 cm³/mol. The van der Waals surface area contributed by atoms with Gasteiger partial charge in [0.1, 0.15) is 0 Å². The lowest BCUT2D eigenvalue weighted by molar-refractivity contribution is -0.112. The van der Waals surface area contributed by atoms with Gasteiger partial charge in [-0.1, -0.05) is 0 Å². The van der Waals surface area contributed by atoms with E-state index in [9.17, 15) is 4.79 Å².